The summed E-state index contributed by atoms with van der Waals surface area (Å²) in [6, 6.07) is 5.99. The molecule has 102 valence electrons. The van der Waals surface area contributed by atoms with Crippen molar-refractivity contribution in [3.8, 4) is 0 Å². The molecule has 0 amide bonds. The first-order chi connectivity index (χ1) is 8.27. The van der Waals surface area contributed by atoms with E-state index in [4.69, 9.17) is 11.6 Å². The predicted octanol–water partition coefficient (Wildman–Crippen LogP) is 1.73. The number of aliphatic hydroxyl groups is 1. The Labute approximate surface area is 117 Å². The van der Waals surface area contributed by atoms with Gasteiger partial charge < -0.3 is 5.11 Å². The summed E-state index contributed by atoms with van der Waals surface area (Å²) in [5.74, 6) is 0.449. The number of hydrogen-bond donors (Lipinski definition) is 2. The fraction of sp³-hybridized carbons (Fsp3) is 0.455. The molecule has 0 saturated carbocycles. The van der Waals surface area contributed by atoms with Crippen LogP contribution in [0, 0.1) is 0 Å². The fourth-order valence-corrected chi connectivity index (χ4v) is 3.52. The van der Waals surface area contributed by atoms with Crippen LogP contribution in [0.1, 0.15) is 6.92 Å². The van der Waals surface area contributed by atoms with E-state index >= 15 is 0 Å². The molecule has 18 heavy (non-hydrogen) atoms. The third-order valence-corrected chi connectivity index (χ3v) is 4.75. The topological polar surface area (TPSA) is 66.4 Å². The third-order valence-electron chi connectivity index (χ3n) is 2.20. The molecule has 0 aliphatic carbocycles. The molecule has 0 spiro atoms. The lowest BCUT2D eigenvalue weighted by Crippen LogP contribution is -2.42. The Morgan fingerprint density at radius 1 is 1.50 bits per heavy atom. The van der Waals surface area contributed by atoms with Gasteiger partial charge in [-0.1, -0.05) is 17.7 Å². The lowest BCUT2D eigenvalue weighted by Gasteiger charge is -2.22. The first-order valence-electron chi connectivity index (χ1n) is 5.23. The summed E-state index contributed by atoms with van der Waals surface area (Å²) in [4.78, 5) is 0.0925. The summed E-state index contributed by atoms with van der Waals surface area (Å²) >= 11 is 7.20. The van der Waals surface area contributed by atoms with E-state index in [1.54, 1.807) is 19.1 Å². The second-order valence-electron chi connectivity index (χ2n) is 4.21. The maximum absolute atomic E-state index is 11.9. The highest BCUT2D eigenvalue weighted by molar-refractivity contribution is 7.98. The number of benzene rings is 1. The van der Waals surface area contributed by atoms with E-state index in [0.717, 1.165) is 0 Å². The zero-order chi connectivity index (χ0) is 13.8. The zero-order valence-corrected chi connectivity index (χ0v) is 12.6. The molecule has 0 fully saturated rings. The van der Waals surface area contributed by atoms with E-state index in [1.807, 2.05) is 6.26 Å². The molecule has 4 nitrogen and oxygen atoms in total. The average Bonchev–Trinajstić information content (AvgIpc) is 2.27. The van der Waals surface area contributed by atoms with Gasteiger partial charge in [0.2, 0.25) is 10.0 Å². The first kappa shape index (κ1) is 15.8. The summed E-state index contributed by atoms with van der Waals surface area (Å²) in [7, 11) is -3.64. The molecule has 2 N–H and O–H groups in total. The van der Waals surface area contributed by atoms with Crippen LogP contribution in [0.2, 0.25) is 5.02 Å². The van der Waals surface area contributed by atoms with Gasteiger partial charge in [0.05, 0.1) is 10.5 Å². The van der Waals surface area contributed by atoms with Gasteiger partial charge in [0.1, 0.15) is 0 Å². The van der Waals surface area contributed by atoms with Crippen LogP contribution in [0.3, 0.4) is 0 Å². The second kappa shape index (κ2) is 6.25. The summed E-state index contributed by atoms with van der Waals surface area (Å²) < 4.78 is 26.3. The van der Waals surface area contributed by atoms with Crippen molar-refractivity contribution in [3.05, 3.63) is 29.3 Å². The Morgan fingerprint density at radius 2 is 2.17 bits per heavy atom. The monoisotopic (exact) mass is 309 g/mol. The smallest absolute Gasteiger partial charge is 0.240 e. The third kappa shape index (κ3) is 4.78. The van der Waals surface area contributed by atoms with Crippen LogP contribution in [0.15, 0.2) is 29.2 Å². The highest BCUT2D eigenvalue weighted by atomic mass is 35.5. The summed E-state index contributed by atoms with van der Waals surface area (Å²) in [6.07, 6.45) is 1.85. The Bertz CT molecular complexity index is 503. The molecule has 0 aliphatic heterocycles. The highest BCUT2D eigenvalue weighted by Crippen LogP contribution is 2.16. The molecule has 0 radical (unpaired) electrons. The first-order valence-corrected chi connectivity index (χ1v) is 8.49. The molecule has 1 unspecified atom stereocenters. The standard InChI is InChI=1S/C11H16ClNO3S2/c1-11(14,8-17-2)7-13-18(15,16)10-5-3-4-9(12)6-10/h3-6,13-14H,7-8H2,1-2H3. The largest absolute Gasteiger partial charge is 0.388 e. The second-order valence-corrected chi connectivity index (χ2v) is 7.28. The van der Waals surface area contributed by atoms with Gasteiger partial charge in [-0.05, 0) is 31.4 Å². The fourth-order valence-electron chi connectivity index (χ4n) is 1.33. The van der Waals surface area contributed by atoms with Gasteiger partial charge in [0, 0.05) is 17.3 Å². The van der Waals surface area contributed by atoms with Crippen LogP contribution in [0.4, 0.5) is 0 Å². The normalized spacial score (nSPS) is 15.3. The molecule has 0 saturated heterocycles. The van der Waals surface area contributed by atoms with Gasteiger partial charge in [-0.25, -0.2) is 13.1 Å². The molecule has 1 rings (SSSR count). The van der Waals surface area contributed by atoms with Crippen molar-refractivity contribution in [1.82, 2.24) is 4.72 Å². The van der Waals surface area contributed by atoms with E-state index in [-0.39, 0.29) is 11.4 Å². The number of halogens is 1. The van der Waals surface area contributed by atoms with Crippen molar-refractivity contribution in [2.45, 2.75) is 17.4 Å². The molecule has 1 atom stereocenters. The molecule has 0 bridgehead atoms. The van der Waals surface area contributed by atoms with Crippen molar-refractivity contribution >= 4 is 33.4 Å². The minimum absolute atomic E-state index is 0.0390. The SMILES string of the molecule is CSCC(C)(O)CNS(=O)(=O)c1cccc(Cl)c1. The Kier molecular flexibility index (Phi) is 5.48. The van der Waals surface area contributed by atoms with Gasteiger partial charge in [-0.3, -0.25) is 0 Å². The number of nitrogens with one attached hydrogen (secondary N) is 1. The average molecular weight is 310 g/mol. The molecular formula is C11H16ClNO3S2. The van der Waals surface area contributed by atoms with Crippen molar-refractivity contribution in [2.24, 2.45) is 0 Å². The Balaban J connectivity index is 2.78. The van der Waals surface area contributed by atoms with Crippen molar-refractivity contribution in [2.75, 3.05) is 18.6 Å². The minimum Gasteiger partial charge on any atom is -0.388 e. The zero-order valence-electron chi connectivity index (χ0n) is 10.2. The van der Waals surface area contributed by atoms with Crippen molar-refractivity contribution in [1.29, 1.82) is 0 Å². The van der Waals surface area contributed by atoms with Gasteiger partial charge in [0.25, 0.3) is 0 Å². The number of sulfonamides is 1. The molecule has 0 aromatic heterocycles. The molecule has 0 aliphatic rings. The maximum atomic E-state index is 11.9. The van der Waals surface area contributed by atoms with Crippen molar-refractivity contribution < 1.29 is 13.5 Å². The Morgan fingerprint density at radius 3 is 2.72 bits per heavy atom. The lowest BCUT2D eigenvalue weighted by molar-refractivity contribution is 0.0908. The van der Waals surface area contributed by atoms with Crippen LogP contribution >= 0.6 is 23.4 Å². The van der Waals surface area contributed by atoms with Crippen LogP contribution in [-0.2, 0) is 10.0 Å². The Hall–Kier alpha value is -0.270. The summed E-state index contributed by atoms with van der Waals surface area (Å²) in [5, 5.41) is 10.3. The molecule has 1 aromatic rings. The molecule has 0 heterocycles. The predicted molar refractivity (Wildman–Crippen MR) is 75.6 cm³/mol. The lowest BCUT2D eigenvalue weighted by atomic mass is 10.1. The van der Waals surface area contributed by atoms with E-state index in [9.17, 15) is 13.5 Å². The molecule has 7 heteroatoms. The van der Waals surface area contributed by atoms with Crippen LogP contribution < -0.4 is 4.72 Å². The van der Waals surface area contributed by atoms with Gasteiger partial charge in [-0.15, -0.1) is 0 Å². The van der Waals surface area contributed by atoms with Crippen LogP contribution in [0.25, 0.3) is 0 Å². The van der Waals surface area contributed by atoms with Crippen LogP contribution in [0.5, 0.6) is 0 Å². The number of rotatable bonds is 6. The summed E-state index contributed by atoms with van der Waals surface area (Å²) in [6.45, 7) is 1.55. The van der Waals surface area contributed by atoms with Crippen LogP contribution in [-0.4, -0.2) is 37.7 Å². The molecule has 1 aromatic carbocycles. The van der Waals surface area contributed by atoms with E-state index in [0.29, 0.717) is 10.8 Å². The van der Waals surface area contributed by atoms with Gasteiger partial charge in [-0.2, -0.15) is 11.8 Å². The number of hydrogen-bond acceptors (Lipinski definition) is 4. The highest BCUT2D eigenvalue weighted by Gasteiger charge is 2.23. The maximum Gasteiger partial charge on any atom is 0.240 e. The van der Waals surface area contributed by atoms with E-state index in [2.05, 4.69) is 4.72 Å². The molecular weight excluding hydrogens is 294 g/mol. The summed E-state index contributed by atoms with van der Waals surface area (Å²) in [5.41, 5.74) is -1.08. The van der Waals surface area contributed by atoms with E-state index < -0.39 is 15.6 Å². The van der Waals surface area contributed by atoms with Crippen molar-refractivity contribution in [3.63, 3.8) is 0 Å². The quantitative estimate of drug-likeness (QED) is 0.840. The minimum atomic E-state index is -3.64. The van der Waals surface area contributed by atoms with Gasteiger partial charge in [0.15, 0.2) is 0 Å². The van der Waals surface area contributed by atoms with E-state index in [1.165, 1.54) is 23.9 Å². The number of thioether (sulfide) groups is 1. The van der Waals surface area contributed by atoms with Gasteiger partial charge >= 0.3 is 0 Å².